The summed E-state index contributed by atoms with van der Waals surface area (Å²) in [6.45, 7) is 4.17. The second-order valence-electron chi connectivity index (χ2n) is 7.65. The molecule has 1 aliphatic rings. The van der Waals surface area contributed by atoms with E-state index in [0.717, 1.165) is 30.4 Å². The maximum atomic E-state index is 13.4. The number of hydrogen-bond donors (Lipinski definition) is 0. The monoisotopic (exact) mass is 430 g/mol. The van der Waals surface area contributed by atoms with Crippen molar-refractivity contribution in [2.24, 2.45) is 0 Å². The van der Waals surface area contributed by atoms with Crippen LogP contribution in [0, 0.1) is 6.92 Å². The second-order valence-corrected chi connectivity index (χ2v) is 9.58. The molecule has 0 spiro atoms. The van der Waals surface area contributed by atoms with Crippen molar-refractivity contribution in [1.29, 1.82) is 0 Å². The van der Waals surface area contributed by atoms with Gasteiger partial charge in [-0.3, -0.25) is 4.79 Å². The predicted octanol–water partition coefficient (Wildman–Crippen LogP) is 3.46. The number of carbonyl (C=O) groups excluding carboxylic acids is 1. The van der Waals surface area contributed by atoms with Gasteiger partial charge in [0.2, 0.25) is 10.0 Å². The van der Waals surface area contributed by atoms with Gasteiger partial charge in [0.15, 0.2) is 0 Å². The molecule has 1 amide bonds. The Bertz CT molecular complexity index is 954. The van der Waals surface area contributed by atoms with E-state index in [1.165, 1.54) is 10.4 Å². The van der Waals surface area contributed by atoms with Crippen LogP contribution in [0.15, 0.2) is 53.4 Å². The molecular weight excluding hydrogens is 400 g/mol. The topological polar surface area (TPSA) is 66.9 Å². The fraction of sp³-hybridized carbons (Fsp3) is 0.435. The highest BCUT2D eigenvalue weighted by atomic mass is 32.2. The Hall–Kier alpha value is -2.22. The smallest absolute Gasteiger partial charge is 0.254 e. The molecule has 1 aliphatic heterocycles. The van der Waals surface area contributed by atoms with Crippen LogP contribution < -0.4 is 0 Å². The van der Waals surface area contributed by atoms with Gasteiger partial charge in [-0.15, -0.1) is 0 Å². The third-order valence-corrected chi connectivity index (χ3v) is 7.36. The first-order valence-corrected chi connectivity index (χ1v) is 11.8. The summed E-state index contributed by atoms with van der Waals surface area (Å²) in [6, 6.07) is 14.6. The molecule has 162 valence electrons. The largest absolute Gasteiger partial charge is 0.383 e. The minimum absolute atomic E-state index is 0.185. The number of nitrogens with zero attached hydrogens (tertiary/aromatic N) is 2. The normalized spacial score (nSPS) is 15.1. The average molecular weight is 431 g/mol. The van der Waals surface area contributed by atoms with Gasteiger partial charge in [-0.05, 0) is 43.0 Å². The Balaban J connectivity index is 1.90. The lowest BCUT2D eigenvalue weighted by Gasteiger charge is -2.27. The maximum absolute atomic E-state index is 13.4. The molecule has 0 saturated carbocycles. The number of hydrogen-bond acceptors (Lipinski definition) is 4. The average Bonchev–Trinajstić information content (AvgIpc) is 2.77. The summed E-state index contributed by atoms with van der Waals surface area (Å²) < 4.78 is 32.9. The number of benzene rings is 2. The summed E-state index contributed by atoms with van der Waals surface area (Å²) in [5.41, 5.74) is 2.19. The van der Waals surface area contributed by atoms with Crippen molar-refractivity contribution in [1.82, 2.24) is 9.21 Å². The van der Waals surface area contributed by atoms with Crippen molar-refractivity contribution in [2.45, 2.75) is 37.6 Å². The zero-order valence-corrected chi connectivity index (χ0v) is 18.5. The van der Waals surface area contributed by atoms with Crippen LogP contribution in [0.3, 0.4) is 0 Å². The van der Waals surface area contributed by atoms with Gasteiger partial charge in [0, 0.05) is 38.9 Å². The summed E-state index contributed by atoms with van der Waals surface area (Å²) in [7, 11) is -2.00. The molecule has 0 atom stereocenters. The first-order chi connectivity index (χ1) is 14.4. The minimum Gasteiger partial charge on any atom is -0.383 e. The number of methoxy groups -OCH3 is 1. The van der Waals surface area contributed by atoms with E-state index in [1.54, 1.807) is 24.1 Å². The lowest BCUT2D eigenvalue weighted by molar-refractivity contribution is 0.0679. The van der Waals surface area contributed by atoms with Gasteiger partial charge >= 0.3 is 0 Å². The van der Waals surface area contributed by atoms with E-state index in [9.17, 15) is 13.2 Å². The zero-order chi connectivity index (χ0) is 21.6. The summed E-state index contributed by atoms with van der Waals surface area (Å²) >= 11 is 0. The van der Waals surface area contributed by atoms with E-state index < -0.39 is 10.0 Å². The molecule has 0 aromatic heterocycles. The number of piperidine rings is 1. The first-order valence-electron chi connectivity index (χ1n) is 10.4. The molecule has 3 rings (SSSR count). The van der Waals surface area contributed by atoms with Crippen molar-refractivity contribution in [3.05, 3.63) is 65.2 Å². The van der Waals surface area contributed by atoms with Crippen molar-refractivity contribution in [2.75, 3.05) is 33.4 Å². The molecule has 30 heavy (non-hydrogen) atoms. The summed E-state index contributed by atoms with van der Waals surface area (Å²) in [4.78, 5) is 15.3. The molecule has 1 heterocycles. The maximum Gasteiger partial charge on any atom is 0.254 e. The van der Waals surface area contributed by atoms with Gasteiger partial charge in [-0.2, -0.15) is 4.31 Å². The summed E-state index contributed by atoms with van der Waals surface area (Å²) in [5, 5.41) is 0. The lowest BCUT2D eigenvalue weighted by atomic mass is 10.1. The third-order valence-electron chi connectivity index (χ3n) is 5.46. The van der Waals surface area contributed by atoms with Crippen molar-refractivity contribution in [3.8, 4) is 0 Å². The predicted molar refractivity (Wildman–Crippen MR) is 117 cm³/mol. The van der Waals surface area contributed by atoms with E-state index in [1.807, 2.05) is 37.3 Å². The Labute approximate surface area is 179 Å². The molecule has 1 saturated heterocycles. The van der Waals surface area contributed by atoms with E-state index in [2.05, 4.69) is 0 Å². The van der Waals surface area contributed by atoms with Gasteiger partial charge < -0.3 is 9.64 Å². The van der Waals surface area contributed by atoms with E-state index >= 15 is 0 Å². The Morgan fingerprint density at radius 1 is 1.07 bits per heavy atom. The first kappa shape index (κ1) is 22.5. The van der Waals surface area contributed by atoms with Gasteiger partial charge in [0.05, 0.1) is 11.5 Å². The van der Waals surface area contributed by atoms with E-state index in [4.69, 9.17) is 4.74 Å². The molecule has 7 heteroatoms. The van der Waals surface area contributed by atoms with Crippen LogP contribution in [-0.2, 0) is 21.3 Å². The van der Waals surface area contributed by atoms with Gasteiger partial charge in [-0.1, -0.05) is 42.8 Å². The molecule has 2 aromatic carbocycles. The van der Waals surface area contributed by atoms with E-state index in [-0.39, 0.29) is 10.8 Å². The molecule has 0 unspecified atom stereocenters. The van der Waals surface area contributed by atoms with Gasteiger partial charge in [0.1, 0.15) is 0 Å². The fourth-order valence-corrected chi connectivity index (χ4v) is 5.22. The molecule has 6 nitrogen and oxygen atoms in total. The number of amides is 1. The zero-order valence-electron chi connectivity index (χ0n) is 17.7. The Morgan fingerprint density at radius 3 is 2.43 bits per heavy atom. The highest BCUT2D eigenvalue weighted by Gasteiger charge is 2.28. The van der Waals surface area contributed by atoms with Crippen LogP contribution in [0.5, 0.6) is 0 Å². The van der Waals surface area contributed by atoms with E-state index in [0.29, 0.717) is 38.3 Å². The van der Waals surface area contributed by atoms with Crippen LogP contribution in [0.2, 0.25) is 0 Å². The Kier molecular flexibility index (Phi) is 7.64. The van der Waals surface area contributed by atoms with Crippen LogP contribution in [0.25, 0.3) is 0 Å². The van der Waals surface area contributed by atoms with Crippen molar-refractivity contribution in [3.63, 3.8) is 0 Å². The van der Waals surface area contributed by atoms with Gasteiger partial charge in [-0.25, -0.2) is 8.42 Å². The highest BCUT2D eigenvalue weighted by molar-refractivity contribution is 7.89. The molecule has 1 fully saturated rings. The lowest BCUT2D eigenvalue weighted by Crippen LogP contribution is -2.36. The van der Waals surface area contributed by atoms with Crippen LogP contribution in [0.1, 0.15) is 40.7 Å². The molecule has 0 bridgehead atoms. The minimum atomic E-state index is -3.60. The summed E-state index contributed by atoms with van der Waals surface area (Å²) in [5.74, 6) is -0.191. The van der Waals surface area contributed by atoms with Gasteiger partial charge in [0.25, 0.3) is 5.91 Å². The van der Waals surface area contributed by atoms with Crippen LogP contribution in [0.4, 0.5) is 0 Å². The second kappa shape index (κ2) is 10.2. The number of rotatable bonds is 8. The quantitative estimate of drug-likeness (QED) is 0.643. The highest BCUT2D eigenvalue weighted by Crippen LogP contribution is 2.24. The number of ether oxygens (including phenoxy) is 1. The Morgan fingerprint density at radius 2 is 1.77 bits per heavy atom. The van der Waals surface area contributed by atoms with Crippen LogP contribution in [-0.4, -0.2) is 56.9 Å². The number of sulfonamides is 1. The summed E-state index contributed by atoms with van der Waals surface area (Å²) in [6.07, 6.45) is 2.80. The number of carbonyl (C=O) groups is 1. The number of aryl methyl sites for hydroxylation is 1. The standard InChI is InChI=1S/C23H30N2O4S/c1-19-11-12-21(30(27,28)25-13-7-4-8-14-25)17-22(19)23(26)24(15-16-29-2)18-20-9-5-3-6-10-20/h3,5-6,9-12,17H,4,7-8,13-16,18H2,1-2H3. The van der Waals surface area contributed by atoms with Crippen molar-refractivity contribution >= 4 is 15.9 Å². The fourth-order valence-electron chi connectivity index (χ4n) is 3.67. The molecule has 0 aliphatic carbocycles. The van der Waals surface area contributed by atoms with Crippen molar-refractivity contribution < 1.29 is 17.9 Å². The van der Waals surface area contributed by atoms with Crippen LogP contribution >= 0.6 is 0 Å². The third kappa shape index (κ3) is 5.28. The molecule has 0 N–H and O–H groups in total. The SMILES string of the molecule is COCCN(Cc1ccccc1)C(=O)c1cc(S(=O)(=O)N2CCCCC2)ccc1C. The molecule has 0 radical (unpaired) electrons. The molecular formula is C23H30N2O4S. The molecule has 2 aromatic rings.